The van der Waals surface area contributed by atoms with Gasteiger partial charge in [-0.15, -0.1) is 0 Å². The number of nitrogens with zero attached hydrogens (tertiary/aromatic N) is 2. The largest absolute Gasteiger partial charge is 0.374 e. The van der Waals surface area contributed by atoms with Gasteiger partial charge >= 0.3 is 0 Å². The van der Waals surface area contributed by atoms with Crippen molar-refractivity contribution >= 4 is 0 Å². The number of hydrogen-bond donors (Lipinski definition) is 1. The first kappa shape index (κ1) is 11.9. The Morgan fingerprint density at radius 1 is 1.47 bits per heavy atom. The Labute approximate surface area is 100 Å². The van der Waals surface area contributed by atoms with Crippen molar-refractivity contribution < 1.29 is 9.26 Å². The highest BCUT2D eigenvalue weighted by atomic mass is 16.5. The van der Waals surface area contributed by atoms with Gasteiger partial charge in [-0.1, -0.05) is 12.1 Å². The van der Waals surface area contributed by atoms with Crippen LogP contribution >= 0.6 is 0 Å². The van der Waals surface area contributed by atoms with Gasteiger partial charge in [0.25, 0.3) is 0 Å². The van der Waals surface area contributed by atoms with E-state index in [1.54, 1.807) is 12.4 Å². The van der Waals surface area contributed by atoms with Gasteiger partial charge in [0.15, 0.2) is 0 Å². The van der Waals surface area contributed by atoms with E-state index >= 15 is 0 Å². The lowest BCUT2D eigenvalue weighted by Crippen LogP contribution is -1.98. The maximum atomic E-state index is 5.48. The zero-order valence-corrected chi connectivity index (χ0v) is 9.98. The molecule has 2 aromatic rings. The van der Waals surface area contributed by atoms with Crippen molar-refractivity contribution in [3.05, 3.63) is 35.7 Å². The van der Waals surface area contributed by atoms with E-state index in [1.165, 1.54) is 0 Å². The topological polar surface area (TPSA) is 63.9 Å². The third kappa shape index (κ3) is 3.71. The number of ether oxygens (including phenoxy) is 1. The zero-order valence-electron chi connectivity index (χ0n) is 9.98. The van der Waals surface area contributed by atoms with E-state index in [0.717, 1.165) is 36.5 Å². The maximum absolute atomic E-state index is 5.48. The van der Waals surface area contributed by atoms with E-state index < -0.39 is 0 Å². The van der Waals surface area contributed by atoms with Crippen LogP contribution in [0.2, 0.25) is 0 Å². The average Bonchev–Trinajstić information content (AvgIpc) is 2.99. The number of aryl methyl sites for hydroxylation is 2. The highest BCUT2D eigenvalue weighted by molar-refractivity contribution is 5.04. The van der Waals surface area contributed by atoms with Gasteiger partial charge in [0.2, 0.25) is 0 Å². The summed E-state index contributed by atoms with van der Waals surface area (Å²) in [5.41, 5.74) is 1.01. The van der Waals surface area contributed by atoms with Crippen molar-refractivity contribution in [2.24, 2.45) is 0 Å². The van der Waals surface area contributed by atoms with E-state index in [0.29, 0.717) is 13.2 Å². The molecular weight excluding hydrogens is 218 g/mol. The molecule has 0 spiro atoms. The Morgan fingerprint density at radius 2 is 2.41 bits per heavy atom. The quantitative estimate of drug-likeness (QED) is 0.746. The number of imidazole rings is 1. The number of hydrogen-bond acceptors (Lipinski definition) is 4. The van der Waals surface area contributed by atoms with E-state index in [2.05, 4.69) is 22.0 Å². The van der Waals surface area contributed by atoms with Crippen molar-refractivity contribution in [1.82, 2.24) is 15.1 Å². The predicted octanol–water partition coefficient (Wildman–Crippen LogP) is 2.11. The van der Waals surface area contributed by atoms with Gasteiger partial charge in [0.05, 0.1) is 5.69 Å². The lowest BCUT2D eigenvalue weighted by Gasteiger charge is -2.00. The standard InChI is InChI=1S/C12H17N3O2/c1-2-10-8-11(17-15-10)4-3-7-16-9-12-13-5-6-14-12/h5-6,8H,2-4,7,9H2,1H3,(H,13,14). The molecule has 2 heterocycles. The van der Waals surface area contributed by atoms with Crippen molar-refractivity contribution in [2.45, 2.75) is 32.8 Å². The maximum Gasteiger partial charge on any atom is 0.137 e. The van der Waals surface area contributed by atoms with E-state index in [9.17, 15) is 0 Å². The summed E-state index contributed by atoms with van der Waals surface area (Å²) in [6.07, 6.45) is 6.22. The van der Waals surface area contributed by atoms with Gasteiger partial charge in [0.1, 0.15) is 18.2 Å². The molecule has 0 atom stereocenters. The minimum Gasteiger partial charge on any atom is -0.374 e. The predicted molar refractivity (Wildman–Crippen MR) is 62.4 cm³/mol. The first-order valence-corrected chi connectivity index (χ1v) is 5.89. The molecule has 1 N–H and O–H groups in total. The smallest absolute Gasteiger partial charge is 0.137 e. The van der Waals surface area contributed by atoms with Crippen LogP contribution in [0.4, 0.5) is 0 Å². The molecule has 0 saturated carbocycles. The second-order valence-electron chi connectivity index (χ2n) is 3.83. The Kier molecular flexibility index (Phi) is 4.32. The third-order valence-electron chi connectivity index (χ3n) is 2.48. The molecular formula is C12H17N3O2. The molecule has 0 aliphatic heterocycles. The van der Waals surface area contributed by atoms with Gasteiger partial charge in [-0.3, -0.25) is 0 Å². The van der Waals surface area contributed by atoms with Crippen LogP contribution in [0, 0.1) is 0 Å². The lowest BCUT2D eigenvalue weighted by atomic mass is 10.2. The normalized spacial score (nSPS) is 10.9. The van der Waals surface area contributed by atoms with Crippen molar-refractivity contribution in [3.63, 3.8) is 0 Å². The summed E-state index contributed by atoms with van der Waals surface area (Å²) in [7, 11) is 0. The summed E-state index contributed by atoms with van der Waals surface area (Å²) in [5.74, 6) is 1.79. The van der Waals surface area contributed by atoms with Crippen LogP contribution in [0.3, 0.4) is 0 Å². The number of H-pyrrole nitrogens is 1. The van der Waals surface area contributed by atoms with Crippen LogP contribution < -0.4 is 0 Å². The molecule has 2 aromatic heterocycles. The highest BCUT2D eigenvalue weighted by Crippen LogP contribution is 2.07. The fraction of sp³-hybridized carbons (Fsp3) is 0.500. The Hall–Kier alpha value is -1.62. The van der Waals surface area contributed by atoms with E-state index in [4.69, 9.17) is 9.26 Å². The van der Waals surface area contributed by atoms with Crippen molar-refractivity contribution in [3.8, 4) is 0 Å². The molecule has 92 valence electrons. The first-order chi connectivity index (χ1) is 8.38. The molecule has 0 unspecified atom stereocenters. The lowest BCUT2D eigenvalue weighted by molar-refractivity contribution is 0.112. The second kappa shape index (κ2) is 6.20. The number of aromatic amines is 1. The van der Waals surface area contributed by atoms with Gasteiger partial charge in [-0.2, -0.15) is 0 Å². The molecule has 0 saturated heterocycles. The summed E-state index contributed by atoms with van der Waals surface area (Å²) >= 11 is 0. The van der Waals surface area contributed by atoms with Crippen LogP contribution in [0.1, 0.15) is 30.6 Å². The minimum atomic E-state index is 0.531. The molecule has 17 heavy (non-hydrogen) atoms. The summed E-state index contributed by atoms with van der Waals surface area (Å²) in [4.78, 5) is 7.07. The van der Waals surface area contributed by atoms with Crippen molar-refractivity contribution in [1.29, 1.82) is 0 Å². The number of nitrogens with one attached hydrogen (secondary N) is 1. The molecule has 0 radical (unpaired) electrons. The highest BCUT2D eigenvalue weighted by Gasteiger charge is 2.02. The second-order valence-corrected chi connectivity index (χ2v) is 3.83. The average molecular weight is 235 g/mol. The molecule has 0 aliphatic rings. The van der Waals surface area contributed by atoms with Gasteiger partial charge in [-0.05, 0) is 12.8 Å². The van der Waals surface area contributed by atoms with Crippen LogP contribution in [0.25, 0.3) is 0 Å². The molecule has 2 rings (SSSR count). The van der Waals surface area contributed by atoms with E-state index in [-0.39, 0.29) is 0 Å². The molecule has 5 nitrogen and oxygen atoms in total. The first-order valence-electron chi connectivity index (χ1n) is 5.89. The Morgan fingerprint density at radius 3 is 3.12 bits per heavy atom. The summed E-state index contributed by atoms with van der Waals surface area (Å²) in [6.45, 7) is 3.29. The van der Waals surface area contributed by atoms with E-state index in [1.807, 2.05) is 6.07 Å². The number of rotatable bonds is 7. The van der Waals surface area contributed by atoms with Crippen LogP contribution in [-0.2, 0) is 24.2 Å². The van der Waals surface area contributed by atoms with Crippen LogP contribution in [-0.4, -0.2) is 21.7 Å². The molecule has 0 fully saturated rings. The van der Waals surface area contributed by atoms with Gasteiger partial charge in [0, 0.05) is 31.5 Å². The van der Waals surface area contributed by atoms with Gasteiger partial charge < -0.3 is 14.2 Å². The summed E-state index contributed by atoms with van der Waals surface area (Å²) in [6, 6.07) is 2.01. The Bertz CT molecular complexity index is 423. The Balaban J connectivity index is 1.60. The fourth-order valence-corrected chi connectivity index (χ4v) is 1.53. The zero-order chi connectivity index (χ0) is 11.9. The molecule has 0 aromatic carbocycles. The minimum absolute atomic E-state index is 0.531. The fourth-order valence-electron chi connectivity index (χ4n) is 1.53. The summed E-state index contributed by atoms with van der Waals surface area (Å²) in [5, 5.41) is 3.94. The number of aromatic nitrogens is 3. The van der Waals surface area contributed by atoms with Crippen molar-refractivity contribution in [2.75, 3.05) is 6.61 Å². The summed E-state index contributed by atoms with van der Waals surface area (Å²) < 4.78 is 10.7. The van der Waals surface area contributed by atoms with Gasteiger partial charge in [-0.25, -0.2) is 4.98 Å². The van der Waals surface area contributed by atoms with Crippen LogP contribution in [0.5, 0.6) is 0 Å². The monoisotopic (exact) mass is 235 g/mol. The van der Waals surface area contributed by atoms with Crippen LogP contribution in [0.15, 0.2) is 23.0 Å². The third-order valence-corrected chi connectivity index (χ3v) is 2.48. The molecule has 0 aliphatic carbocycles. The molecule has 0 amide bonds. The molecule has 5 heteroatoms. The SMILES string of the molecule is CCc1cc(CCCOCc2ncc[nH]2)on1. The molecule has 0 bridgehead atoms.